The lowest BCUT2D eigenvalue weighted by Gasteiger charge is -2.17. The lowest BCUT2D eigenvalue weighted by atomic mass is 9.98. The highest BCUT2D eigenvalue weighted by atomic mass is 35.5. The highest BCUT2D eigenvalue weighted by Gasteiger charge is 2.26. The number of anilines is 1. The molecular weight excluding hydrogens is 227 g/mol. The van der Waals surface area contributed by atoms with Gasteiger partial charge in [0.25, 0.3) is 0 Å². The number of halogens is 2. The van der Waals surface area contributed by atoms with Crippen LogP contribution in [0.25, 0.3) is 0 Å². The van der Waals surface area contributed by atoms with Gasteiger partial charge in [0.05, 0.1) is 0 Å². The third kappa shape index (κ3) is 2.64. The molecule has 88 valence electrons. The zero-order valence-electron chi connectivity index (χ0n) is 9.13. The van der Waals surface area contributed by atoms with E-state index in [9.17, 15) is 4.39 Å². The number of nitrogens with zero attached hydrogens (tertiary/aromatic N) is 1. The van der Waals surface area contributed by atoms with E-state index in [1.807, 2.05) is 0 Å². The van der Waals surface area contributed by atoms with Crippen molar-refractivity contribution in [3.63, 3.8) is 0 Å². The lowest BCUT2D eigenvalue weighted by molar-refractivity contribution is 0.443. The lowest BCUT2D eigenvalue weighted by Crippen LogP contribution is -2.20. The summed E-state index contributed by atoms with van der Waals surface area (Å²) >= 11 is 5.90. The molecule has 0 bridgehead atoms. The van der Waals surface area contributed by atoms with Gasteiger partial charge in [-0.1, -0.05) is 6.42 Å². The van der Waals surface area contributed by atoms with Gasteiger partial charge in [-0.25, -0.2) is 9.37 Å². The van der Waals surface area contributed by atoms with Crippen molar-refractivity contribution >= 4 is 17.4 Å². The second kappa shape index (κ2) is 5.48. The summed E-state index contributed by atoms with van der Waals surface area (Å²) in [6.07, 6.45) is 5.20. The van der Waals surface area contributed by atoms with Gasteiger partial charge < -0.3 is 5.32 Å². The first-order chi connectivity index (χ1) is 7.81. The van der Waals surface area contributed by atoms with Gasteiger partial charge in [0.1, 0.15) is 0 Å². The summed E-state index contributed by atoms with van der Waals surface area (Å²) in [4.78, 5) is 3.97. The molecule has 16 heavy (non-hydrogen) atoms. The van der Waals surface area contributed by atoms with Gasteiger partial charge in [-0.3, -0.25) is 0 Å². The second-order valence-corrected chi connectivity index (χ2v) is 4.63. The topological polar surface area (TPSA) is 24.9 Å². The van der Waals surface area contributed by atoms with Crippen molar-refractivity contribution in [1.29, 1.82) is 0 Å². The van der Waals surface area contributed by atoms with Crippen molar-refractivity contribution in [2.75, 3.05) is 17.7 Å². The fourth-order valence-corrected chi connectivity index (χ4v) is 2.74. The monoisotopic (exact) mass is 242 g/mol. The molecule has 0 aromatic carbocycles. The van der Waals surface area contributed by atoms with Crippen LogP contribution in [0.2, 0.25) is 0 Å². The number of nitrogens with one attached hydrogen (secondary N) is 1. The number of hydrogen-bond acceptors (Lipinski definition) is 2. The molecular formula is C12H16ClFN2. The van der Waals surface area contributed by atoms with E-state index in [1.165, 1.54) is 25.3 Å². The number of pyridine rings is 1. The van der Waals surface area contributed by atoms with E-state index >= 15 is 0 Å². The van der Waals surface area contributed by atoms with Crippen LogP contribution in [-0.4, -0.2) is 17.4 Å². The van der Waals surface area contributed by atoms with Gasteiger partial charge in [0.15, 0.2) is 11.6 Å². The van der Waals surface area contributed by atoms with Crippen LogP contribution in [0.3, 0.4) is 0 Å². The van der Waals surface area contributed by atoms with Gasteiger partial charge in [-0.2, -0.15) is 0 Å². The number of aromatic nitrogens is 1. The first-order valence-electron chi connectivity index (χ1n) is 5.71. The molecule has 0 saturated heterocycles. The average Bonchev–Trinajstić information content (AvgIpc) is 2.75. The Morgan fingerprint density at radius 2 is 2.25 bits per heavy atom. The summed E-state index contributed by atoms with van der Waals surface area (Å²) in [6.45, 7) is 0.769. The number of rotatable bonds is 4. The number of hydrogen-bond donors (Lipinski definition) is 1. The molecule has 2 unspecified atom stereocenters. The number of alkyl halides is 1. The summed E-state index contributed by atoms with van der Waals surface area (Å²) in [5, 5.41) is 3.07. The Hall–Kier alpha value is -0.830. The summed E-state index contributed by atoms with van der Waals surface area (Å²) in [7, 11) is 0. The minimum Gasteiger partial charge on any atom is -0.367 e. The molecule has 4 heteroatoms. The van der Waals surface area contributed by atoms with Gasteiger partial charge >= 0.3 is 0 Å². The van der Waals surface area contributed by atoms with Crippen molar-refractivity contribution in [1.82, 2.24) is 4.98 Å². The molecule has 1 aromatic rings. The van der Waals surface area contributed by atoms with Crippen LogP contribution in [-0.2, 0) is 0 Å². The Morgan fingerprint density at radius 1 is 1.44 bits per heavy atom. The standard InChI is InChI=1S/C12H16ClFN2/c13-7-9-3-1-4-10(9)8-16-12-11(14)5-2-6-15-12/h2,5-6,9-10H,1,3-4,7-8H2,(H,15,16). The summed E-state index contributed by atoms with van der Waals surface area (Å²) < 4.78 is 13.3. The van der Waals surface area contributed by atoms with Gasteiger partial charge in [0, 0.05) is 18.6 Å². The van der Waals surface area contributed by atoms with E-state index in [2.05, 4.69) is 10.3 Å². The molecule has 1 saturated carbocycles. The van der Waals surface area contributed by atoms with Gasteiger partial charge in [-0.15, -0.1) is 11.6 Å². The van der Waals surface area contributed by atoms with E-state index in [0.29, 0.717) is 23.5 Å². The molecule has 2 rings (SSSR count). The first kappa shape index (κ1) is 11.6. The minimum atomic E-state index is -0.289. The largest absolute Gasteiger partial charge is 0.367 e. The quantitative estimate of drug-likeness (QED) is 0.820. The summed E-state index contributed by atoms with van der Waals surface area (Å²) in [6, 6.07) is 3.01. The fraction of sp³-hybridized carbons (Fsp3) is 0.583. The van der Waals surface area contributed by atoms with Crippen LogP contribution in [0, 0.1) is 17.7 Å². The predicted molar refractivity (Wildman–Crippen MR) is 64.2 cm³/mol. The summed E-state index contributed by atoms with van der Waals surface area (Å²) in [5.41, 5.74) is 0. The third-order valence-electron chi connectivity index (χ3n) is 3.30. The van der Waals surface area contributed by atoms with Crippen molar-refractivity contribution in [2.24, 2.45) is 11.8 Å². The first-order valence-corrected chi connectivity index (χ1v) is 6.25. The molecule has 0 aliphatic heterocycles. The highest BCUT2D eigenvalue weighted by Crippen LogP contribution is 2.32. The Kier molecular flexibility index (Phi) is 3.99. The van der Waals surface area contributed by atoms with Gasteiger partial charge in [-0.05, 0) is 36.8 Å². The van der Waals surface area contributed by atoms with E-state index in [0.717, 1.165) is 6.54 Å². The molecule has 2 atom stereocenters. The minimum absolute atomic E-state index is 0.289. The Morgan fingerprint density at radius 3 is 3.00 bits per heavy atom. The fourth-order valence-electron chi connectivity index (χ4n) is 2.33. The Bertz CT molecular complexity index is 346. The SMILES string of the molecule is Fc1cccnc1NCC1CCCC1CCl. The molecule has 0 radical (unpaired) electrons. The zero-order valence-corrected chi connectivity index (χ0v) is 9.88. The molecule has 1 fully saturated rings. The van der Waals surface area contributed by atoms with Crippen molar-refractivity contribution in [3.8, 4) is 0 Å². The van der Waals surface area contributed by atoms with Crippen LogP contribution in [0.5, 0.6) is 0 Å². The average molecular weight is 243 g/mol. The van der Waals surface area contributed by atoms with Crippen LogP contribution in [0.4, 0.5) is 10.2 Å². The van der Waals surface area contributed by atoms with Crippen LogP contribution in [0.15, 0.2) is 18.3 Å². The molecule has 1 heterocycles. The van der Waals surface area contributed by atoms with Crippen LogP contribution < -0.4 is 5.32 Å². The molecule has 1 aliphatic rings. The van der Waals surface area contributed by atoms with E-state index in [-0.39, 0.29) is 5.82 Å². The smallest absolute Gasteiger partial charge is 0.165 e. The van der Waals surface area contributed by atoms with Crippen molar-refractivity contribution < 1.29 is 4.39 Å². The normalized spacial score (nSPS) is 24.6. The zero-order chi connectivity index (χ0) is 11.4. The Balaban J connectivity index is 1.90. The van der Waals surface area contributed by atoms with Crippen molar-refractivity contribution in [3.05, 3.63) is 24.1 Å². The second-order valence-electron chi connectivity index (χ2n) is 4.32. The maximum absolute atomic E-state index is 13.3. The maximum atomic E-state index is 13.3. The molecule has 2 nitrogen and oxygen atoms in total. The Labute approximate surface area is 100 Å². The summed E-state index contributed by atoms with van der Waals surface area (Å²) in [5.74, 6) is 1.89. The maximum Gasteiger partial charge on any atom is 0.165 e. The molecule has 1 aromatic heterocycles. The van der Waals surface area contributed by atoms with Crippen molar-refractivity contribution in [2.45, 2.75) is 19.3 Å². The highest BCUT2D eigenvalue weighted by molar-refractivity contribution is 6.18. The molecule has 0 amide bonds. The predicted octanol–water partition coefficient (Wildman–Crippen LogP) is 3.29. The van der Waals surface area contributed by atoms with E-state index < -0.39 is 0 Å². The molecule has 1 N–H and O–H groups in total. The van der Waals surface area contributed by atoms with E-state index in [4.69, 9.17) is 11.6 Å². The van der Waals surface area contributed by atoms with Crippen LogP contribution in [0.1, 0.15) is 19.3 Å². The van der Waals surface area contributed by atoms with Crippen LogP contribution >= 0.6 is 11.6 Å². The molecule has 0 spiro atoms. The van der Waals surface area contributed by atoms with Gasteiger partial charge in [0.2, 0.25) is 0 Å². The molecule has 1 aliphatic carbocycles. The van der Waals surface area contributed by atoms with E-state index in [1.54, 1.807) is 12.3 Å². The third-order valence-corrected chi connectivity index (χ3v) is 3.70.